The Bertz CT molecular complexity index is 826. The molecule has 1 aromatic carbocycles. The first-order valence-corrected chi connectivity index (χ1v) is 6.36. The van der Waals surface area contributed by atoms with Crippen LogP contribution in [-0.4, -0.2) is 15.0 Å². The molecule has 0 fully saturated rings. The largest absolute Gasteiger partial charge is 0.368 e. The highest BCUT2D eigenvalue weighted by molar-refractivity contribution is 5.95. The van der Waals surface area contributed by atoms with Crippen LogP contribution in [0.5, 0.6) is 0 Å². The molecule has 2 heterocycles. The van der Waals surface area contributed by atoms with Crippen molar-refractivity contribution in [2.45, 2.75) is 13.3 Å². The number of nitrogens with one attached hydrogen (secondary N) is 1. The first-order chi connectivity index (χ1) is 9.72. The van der Waals surface area contributed by atoms with E-state index in [1.54, 1.807) is 12.3 Å². The van der Waals surface area contributed by atoms with Crippen molar-refractivity contribution in [3.8, 4) is 17.3 Å². The summed E-state index contributed by atoms with van der Waals surface area (Å²) in [5.41, 5.74) is 10.1. The molecule has 0 unspecified atom stereocenters. The number of rotatable bonds is 2. The monoisotopic (exact) mass is 263 g/mol. The molecule has 0 spiro atoms. The number of nitriles is 1. The van der Waals surface area contributed by atoms with E-state index in [0.29, 0.717) is 5.56 Å². The molecule has 0 bridgehead atoms. The Balaban J connectivity index is 2.25. The third-order valence-corrected chi connectivity index (χ3v) is 3.33. The molecule has 0 amide bonds. The van der Waals surface area contributed by atoms with Crippen molar-refractivity contribution in [2.75, 3.05) is 5.73 Å². The topological polar surface area (TPSA) is 91.4 Å². The molecule has 0 aliphatic carbocycles. The van der Waals surface area contributed by atoms with Gasteiger partial charge >= 0.3 is 0 Å². The van der Waals surface area contributed by atoms with Crippen molar-refractivity contribution in [3.63, 3.8) is 0 Å². The lowest BCUT2D eigenvalue weighted by molar-refractivity contribution is 1.06. The molecule has 5 nitrogen and oxygen atoms in total. The number of aryl methyl sites for hydroxylation is 1. The number of H-pyrrole nitrogens is 1. The van der Waals surface area contributed by atoms with Crippen LogP contribution in [0.15, 0.2) is 30.6 Å². The van der Waals surface area contributed by atoms with E-state index in [1.165, 1.54) is 0 Å². The normalized spacial score (nSPS) is 10.6. The molecule has 0 aliphatic heterocycles. The van der Waals surface area contributed by atoms with Gasteiger partial charge in [-0.15, -0.1) is 0 Å². The highest BCUT2D eigenvalue weighted by atomic mass is 15.0. The summed E-state index contributed by atoms with van der Waals surface area (Å²) in [7, 11) is 0. The maximum atomic E-state index is 8.94. The summed E-state index contributed by atoms with van der Waals surface area (Å²) in [6, 6.07) is 7.69. The lowest BCUT2D eigenvalue weighted by Crippen LogP contribution is -1.99. The zero-order valence-corrected chi connectivity index (χ0v) is 11.0. The van der Waals surface area contributed by atoms with Crippen LogP contribution in [0.3, 0.4) is 0 Å². The fourth-order valence-electron chi connectivity index (χ4n) is 2.30. The van der Waals surface area contributed by atoms with Gasteiger partial charge in [0.1, 0.15) is 0 Å². The van der Waals surface area contributed by atoms with Crippen LogP contribution in [0, 0.1) is 11.3 Å². The Morgan fingerprint density at radius 1 is 1.40 bits per heavy atom. The number of fused-ring (bicyclic) bond motifs is 1. The van der Waals surface area contributed by atoms with Gasteiger partial charge in [-0.05, 0) is 24.1 Å². The Morgan fingerprint density at radius 3 is 3.00 bits per heavy atom. The van der Waals surface area contributed by atoms with Gasteiger partial charge in [-0.1, -0.05) is 13.0 Å². The molecular weight excluding hydrogens is 250 g/mol. The van der Waals surface area contributed by atoms with Crippen molar-refractivity contribution < 1.29 is 0 Å². The average molecular weight is 263 g/mol. The predicted octanol–water partition coefficient (Wildman–Crippen LogP) is 2.64. The summed E-state index contributed by atoms with van der Waals surface area (Å²) in [4.78, 5) is 11.6. The van der Waals surface area contributed by atoms with Crippen LogP contribution in [0.25, 0.3) is 22.2 Å². The number of hydrogen-bond acceptors (Lipinski definition) is 4. The van der Waals surface area contributed by atoms with Gasteiger partial charge in [0.25, 0.3) is 0 Å². The van der Waals surface area contributed by atoms with Gasteiger partial charge in [0.2, 0.25) is 5.95 Å². The summed E-state index contributed by atoms with van der Waals surface area (Å²) in [5.74, 6) is 0.264. The molecule has 98 valence electrons. The highest BCUT2D eigenvalue weighted by Gasteiger charge is 2.12. The molecule has 0 radical (unpaired) electrons. The van der Waals surface area contributed by atoms with Gasteiger partial charge in [0.05, 0.1) is 17.3 Å². The van der Waals surface area contributed by atoms with E-state index in [2.05, 4.69) is 27.9 Å². The molecule has 3 rings (SSSR count). The van der Waals surface area contributed by atoms with Gasteiger partial charge in [-0.25, -0.2) is 9.97 Å². The molecule has 2 aromatic heterocycles. The van der Waals surface area contributed by atoms with Crippen LogP contribution in [0.4, 0.5) is 5.95 Å². The molecule has 0 saturated carbocycles. The minimum absolute atomic E-state index is 0.264. The van der Waals surface area contributed by atoms with E-state index in [0.717, 1.165) is 34.1 Å². The zero-order chi connectivity index (χ0) is 14.1. The van der Waals surface area contributed by atoms with Gasteiger partial charge in [0.15, 0.2) is 0 Å². The number of nitrogen functional groups attached to an aromatic ring is 1. The maximum absolute atomic E-state index is 8.94. The van der Waals surface area contributed by atoms with Gasteiger partial charge in [0, 0.05) is 28.9 Å². The molecule has 3 aromatic rings. The van der Waals surface area contributed by atoms with E-state index in [9.17, 15) is 0 Å². The molecule has 0 saturated heterocycles. The number of anilines is 1. The van der Waals surface area contributed by atoms with E-state index in [-0.39, 0.29) is 5.95 Å². The number of nitrogens with zero attached hydrogens (tertiary/aromatic N) is 3. The lowest BCUT2D eigenvalue weighted by atomic mass is 10.0. The molecule has 20 heavy (non-hydrogen) atoms. The quantitative estimate of drug-likeness (QED) is 0.743. The second-order valence-corrected chi connectivity index (χ2v) is 4.53. The number of aromatic nitrogens is 3. The Kier molecular flexibility index (Phi) is 2.84. The van der Waals surface area contributed by atoms with E-state index in [4.69, 9.17) is 11.0 Å². The first kappa shape index (κ1) is 12.2. The van der Waals surface area contributed by atoms with Crippen molar-refractivity contribution in [3.05, 3.63) is 41.7 Å². The maximum Gasteiger partial charge on any atom is 0.220 e. The SMILES string of the molecule is CCc1cnc(N)nc1-c1c[nH]c2cc(C#N)ccc12. The van der Waals surface area contributed by atoms with E-state index in [1.807, 2.05) is 18.3 Å². The van der Waals surface area contributed by atoms with Crippen molar-refractivity contribution >= 4 is 16.9 Å². The third kappa shape index (κ3) is 1.88. The van der Waals surface area contributed by atoms with E-state index < -0.39 is 0 Å². The van der Waals surface area contributed by atoms with Crippen LogP contribution < -0.4 is 5.73 Å². The number of nitrogens with two attached hydrogens (primary N) is 1. The smallest absolute Gasteiger partial charge is 0.220 e. The van der Waals surface area contributed by atoms with Gasteiger partial charge < -0.3 is 10.7 Å². The Morgan fingerprint density at radius 2 is 2.25 bits per heavy atom. The second-order valence-electron chi connectivity index (χ2n) is 4.53. The van der Waals surface area contributed by atoms with Gasteiger partial charge in [-0.2, -0.15) is 5.26 Å². The Labute approximate surface area is 116 Å². The first-order valence-electron chi connectivity index (χ1n) is 6.36. The summed E-state index contributed by atoms with van der Waals surface area (Å²) < 4.78 is 0. The molecular formula is C15H13N5. The molecule has 0 aliphatic rings. The average Bonchev–Trinajstić information content (AvgIpc) is 2.89. The van der Waals surface area contributed by atoms with Crippen molar-refractivity contribution in [2.24, 2.45) is 0 Å². The van der Waals surface area contributed by atoms with Crippen molar-refractivity contribution in [1.82, 2.24) is 15.0 Å². The zero-order valence-electron chi connectivity index (χ0n) is 11.0. The van der Waals surface area contributed by atoms with Crippen LogP contribution >= 0.6 is 0 Å². The summed E-state index contributed by atoms with van der Waals surface area (Å²) in [6.45, 7) is 2.06. The second kappa shape index (κ2) is 4.67. The Hall–Kier alpha value is -2.87. The number of aromatic amines is 1. The standard InChI is InChI=1S/C15H13N5/c1-2-10-7-19-15(17)20-14(10)12-8-18-13-5-9(6-16)3-4-11(12)13/h3-5,7-8,18H,2H2,1H3,(H2,17,19,20). The minimum Gasteiger partial charge on any atom is -0.368 e. The molecule has 0 atom stereocenters. The predicted molar refractivity (Wildman–Crippen MR) is 77.8 cm³/mol. The van der Waals surface area contributed by atoms with Crippen LogP contribution in [0.2, 0.25) is 0 Å². The fourth-order valence-corrected chi connectivity index (χ4v) is 2.30. The summed E-state index contributed by atoms with van der Waals surface area (Å²) in [6.07, 6.45) is 4.49. The fraction of sp³-hybridized carbons (Fsp3) is 0.133. The van der Waals surface area contributed by atoms with Crippen molar-refractivity contribution in [1.29, 1.82) is 5.26 Å². The number of benzene rings is 1. The summed E-state index contributed by atoms with van der Waals surface area (Å²) >= 11 is 0. The molecule has 5 heteroatoms. The number of hydrogen-bond donors (Lipinski definition) is 2. The van der Waals surface area contributed by atoms with Crippen LogP contribution in [0.1, 0.15) is 18.1 Å². The summed E-state index contributed by atoms with van der Waals surface area (Å²) in [5, 5.41) is 9.96. The molecule has 3 N–H and O–H groups in total. The van der Waals surface area contributed by atoms with E-state index >= 15 is 0 Å². The van der Waals surface area contributed by atoms with Crippen LogP contribution in [-0.2, 0) is 6.42 Å². The van der Waals surface area contributed by atoms with Gasteiger partial charge in [-0.3, -0.25) is 0 Å². The highest BCUT2D eigenvalue weighted by Crippen LogP contribution is 2.30. The lowest BCUT2D eigenvalue weighted by Gasteiger charge is -2.06. The third-order valence-electron chi connectivity index (χ3n) is 3.33. The minimum atomic E-state index is 0.264.